The van der Waals surface area contributed by atoms with E-state index >= 15 is 0 Å². The van der Waals surface area contributed by atoms with Gasteiger partial charge in [0.15, 0.2) is 0 Å². The van der Waals surface area contributed by atoms with Crippen LogP contribution in [-0.4, -0.2) is 5.91 Å². The molecule has 1 amide bonds. The molecular formula is C13H10Cl2N2O. The smallest absolute Gasteiger partial charge is 0.267 e. The fourth-order valence-electron chi connectivity index (χ4n) is 1.47. The number of amides is 1. The minimum atomic E-state index is -0.347. The summed E-state index contributed by atoms with van der Waals surface area (Å²) in [6.45, 7) is 0. The lowest BCUT2D eigenvalue weighted by Gasteiger charge is -2.16. The Labute approximate surface area is 115 Å². The number of carbonyl (C=O) groups excluding carboxylic acids is 1. The van der Waals surface area contributed by atoms with Crippen LogP contribution in [0.25, 0.3) is 0 Å². The number of rotatable bonds is 2. The number of hydrazine groups is 1. The minimum absolute atomic E-state index is 0.323. The monoisotopic (exact) mass is 280 g/mol. The van der Waals surface area contributed by atoms with Crippen LogP contribution in [0.15, 0.2) is 48.5 Å². The lowest BCUT2D eigenvalue weighted by atomic mass is 10.2. The van der Waals surface area contributed by atoms with Gasteiger partial charge >= 0.3 is 0 Å². The van der Waals surface area contributed by atoms with E-state index in [9.17, 15) is 4.79 Å². The number of nitrogens with two attached hydrogens (primary N) is 1. The van der Waals surface area contributed by atoms with E-state index in [4.69, 9.17) is 29.0 Å². The Morgan fingerprint density at radius 1 is 1.00 bits per heavy atom. The fourth-order valence-corrected chi connectivity index (χ4v) is 1.77. The van der Waals surface area contributed by atoms with Gasteiger partial charge in [0.25, 0.3) is 5.91 Å². The topological polar surface area (TPSA) is 46.3 Å². The molecule has 0 aliphatic carbocycles. The van der Waals surface area contributed by atoms with Gasteiger partial charge < -0.3 is 0 Å². The van der Waals surface area contributed by atoms with E-state index in [0.717, 1.165) is 5.01 Å². The van der Waals surface area contributed by atoms with Crippen LogP contribution in [0.4, 0.5) is 5.69 Å². The first-order chi connectivity index (χ1) is 8.59. The average molecular weight is 281 g/mol. The molecule has 5 heteroatoms. The molecule has 2 aromatic carbocycles. The summed E-state index contributed by atoms with van der Waals surface area (Å²) in [6.07, 6.45) is 0. The Morgan fingerprint density at radius 2 is 1.67 bits per heavy atom. The molecule has 0 aromatic heterocycles. The van der Waals surface area contributed by atoms with Gasteiger partial charge in [-0.05, 0) is 30.3 Å². The van der Waals surface area contributed by atoms with Crippen LogP contribution < -0.4 is 10.9 Å². The van der Waals surface area contributed by atoms with Crippen LogP contribution >= 0.6 is 23.2 Å². The van der Waals surface area contributed by atoms with Crippen LogP contribution in [0.5, 0.6) is 0 Å². The van der Waals surface area contributed by atoms with Gasteiger partial charge in [0.05, 0.1) is 15.7 Å². The van der Waals surface area contributed by atoms with Crippen molar-refractivity contribution in [2.24, 2.45) is 5.84 Å². The van der Waals surface area contributed by atoms with Gasteiger partial charge in [-0.2, -0.15) is 0 Å². The van der Waals surface area contributed by atoms with E-state index < -0.39 is 0 Å². The molecule has 0 fully saturated rings. The Morgan fingerprint density at radius 3 is 2.28 bits per heavy atom. The Balaban J connectivity index is 2.29. The van der Waals surface area contributed by atoms with Crippen LogP contribution in [0, 0.1) is 0 Å². The summed E-state index contributed by atoms with van der Waals surface area (Å²) in [5.41, 5.74) is 0.990. The average Bonchev–Trinajstić information content (AvgIpc) is 2.41. The van der Waals surface area contributed by atoms with Crippen molar-refractivity contribution < 1.29 is 4.79 Å². The normalized spacial score (nSPS) is 10.2. The second-order valence-electron chi connectivity index (χ2n) is 3.64. The highest BCUT2D eigenvalue weighted by atomic mass is 35.5. The molecule has 0 heterocycles. The molecule has 0 aliphatic heterocycles. The van der Waals surface area contributed by atoms with Gasteiger partial charge in [0, 0.05) is 5.56 Å². The standard InChI is InChI=1S/C13H10Cl2N2O/c14-11-7-6-9(8-12(11)15)13(18)17(16)10-4-2-1-3-5-10/h1-8H,16H2. The van der Waals surface area contributed by atoms with Crippen molar-refractivity contribution in [2.45, 2.75) is 0 Å². The van der Waals surface area contributed by atoms with E-state index in [-0.39, 0.29) is 5.91 Å². The summed E-state index contributed by atoms with van der Waals surface area (Å²) in [5, 5.41) is 1.79. The SMILES string of the molecule is NN(C(=O)c1ccc(Cl)c(Cl)c1)c1ccccc1. The number of nitrogens with zero attached hydrogens (tertiary/aromatic N) is 1. The summed E-state index contributed by atoms with van der Waals surface area (Å²) in [4.78, 5) is 12.1. The number of para-hydroxylation sites is 1. The Bertz CT molecular complexity index is 572. The number of hydrogen-bond acceptors (Lipinski definition) is 2. The van der Waals surface area contributed by atoms with Crippen LogP contribution in [0.2, 0.25) is 10.0 Å². The van der Waals surface area contributed by atoms with Gasteiger partial charge in [-0.3, -0.25) is 4.79 Å². The predicted octanol–water partition coefficient (Wildman–Crippen LogP) is 3.51. The van der Waals surface area contributed by atoms with Gasteiger partial charge in [0.2, 0.25) is 0 Å². The van der Waals surface area contributed by atoms with Gasteiger partial charge in [-0.25, -0.2) is 10.9 Å². The predicted molar refractivity (Wildman–Crippen MR) is 73.9 cm³/mol. The third-order valence-electron chi connectivity index (χ3n) is 2.42. The molecule has 0 atom stereocenters. The molecule has 0 unspecified atom stereocenters. The van der Waals surface area contributed by atoms with Crippen LogP contribution in [0.1, 0.15) is 10.4 Å². The van der Waals surface area contributed by atoms with E-state index in [2.05, 4.69) is 0 Å². The second-order valence-corrected chi connectivity index (χ2v) is 4.45. The maximum atomic E-state index is 12.1. The molecule has 0 bridgehead atoms. The first-order valence-corrected chi connectivity index (χ1v) is 5.94. The zero-order valence-electron chi connectivity index (χ0n) is 9.31. The number of benzene rings is 2. The van der Waals surface area contributed by atoms with E-state index in [0.29, 0.717) is 21.3 Å². The van der Waals surface area contributed by atoms with E-state index in [1.54, 1.807) is 36.4 Å². The third-order valence-corrected chi connectivity index (χ3v) is 3.16. The number of carbonyl (C=O) groups is 1. The molecule has 2 aromatic rings. The minimum Gasteiger partial charge on any atom is -0.267 e. The Hall–Kier alpha value is -1.55. The van der Waals surface area contributed by atoms with Gasteiger partial charge in [0.1, 0.15) is 0 Å². The third kappa shape index (κ3) is 2.64. The van der Waals surface area contributed by atoms with Crippen molar-refractivity contribution in [3.63, 3.8) is 0 Å². The molecule has 0 saturated heterocycles. The van der Waals surface area contributed by atoms with Crippen molar-refractivity contribution in [3.8, 4) is 0 Å². The number of halogens is 2. The maximum absolute atomic E-state index is 12.1. The molecule has 0 radical (unpaired) electrons. The summed E-state index contributed by atoms with van der Waals surface area (Å²) in [6, 6.07) is 13.6. The van der Waals surface area contributed by atoms with E-state index in [1.807, 2.05) is 6.07 Å². The zero-order valence-corrected chi connectivity index (χ0v) is 10.8. The maximum Gasteiger partial charge on any atom is 0.272 e. The summed E-state index contributed by atoms with van der Waals surface area (Å²) < 4.78 is 0. The Kier molecular flexibility index (Phi) is 3.87. The summed E-state index contributed by atoms with van der Waals surface area (Å²) in [5.74, 6) is 5.42. The molecule has 92 valence electrons. The number of hydrogen-bond donors (Lipinski definition) is 1. The van der Waals surface area contributed by atoms with Crippen molar-refractivity contribution in [1.29, 1.82) is 0 Å². The van der Waals surface area contributed by atoms with Crippen molar-refractivity contribution in [1.82, 2.24) is 0 Å². The van der Waals surface area contributed by atoms with Crippen molar-refractivity contribution in [3.05, 3.63) is 64.1 Å². The molecule has 18 heavy (non-hydrogen) atoms. The summed E-state index contributed by atoms with van der Waals surface area (Å²) in [7, 11) is 0. The zero-order chi connectivity index (χ0) is 13.1. The lowest BCUT2D eigenvalue weighted by molar-refractivity contribution is 0.0987. The van der Waals surface area contributed by atoms with Gasteiger partial charge in [-0.15, -0.1) is 0 Å². The lowest BCUT2D eigenvalue weighted by Crippen LogP contribution is -2.37. The fraction of sp³-hybridized carbons (Fsp3) is 0. The highest BCUT2D eigenvalue weighted by Crippen LogP contribution is 2.23. The molecule has 0 spiro atoms. The first-order valence-electron chi connectivity index (χ1n) is 5.19. The van der Waals surface area contributed by atoms with Crippen molar-refractivity contribution >= 4 is 34.8 Å². The summed E-state index contributed by atoms with van der Waals surface area (Å²) >= 11 is 11.7. The second kappa shape index (κ2) is 5.40. The largest absolute Gasteiger partial charge is 0.272 e. The highest BCUT2D eigenvalue weighted by Gasteiger charge is 2.15. The molecule has 0 saturated carbocycles. The number of anilines is 1. The van der Waals surface area contributed by atoms with E-state index in [1.165, 1.54) is 6.07 Å². The first kappa shape index (κ1) is 12.9. The highest BCUT2D eigenvalue weighted by molar-refractivity contribution is 6.42. The molecule has 2 N–H and O–H groups in total. The molecule has 3 nitrogen and oxygen atoms in total. The quantitative estimate of drug-likeness (QED) is 0.520. The molecule has 0 aliphatic rings. The van der Waals surface area contributed by atoms with Crippen LogP contribution in [-0.2, 0) is 0 Å². The van der Waals surface area contributed by atoms with Crippen molar-refractivity contribution in [2.75, 3.05) is 5.01 Å². The molecular weight excluding hydrogens is 271 g/mol. The molecule has 2 rings (SSSR count). The van der Waals surface area contributed by atoms with Crippen LogP contribution in [0.3, 0.4) is 0 Å². The van der Waals surface area contributed by atoms with Gasteiger partial charge in [-0.1, -0.05) is 41.4 Å².